The Morgan fingerprint density at radius 1 is 1.00 bits per heavy atom. The summed E-state index contributed by atoms with van der Waals surface area (Å²) in [5, 5.41) is 0. The number of benzene rings is 1. The summed E-state index contributed by atoms with van der Waals surface area (Å²) < 4.78 is 9.63. The first kappa shape index (κ1) is 13.9. The number of esters is 2. The Balaban J connectivity index is 2.75. The first-order valence-corrected chi connectivity index (χ1v) is 5.40. The van der Waals surface area contributed by atoms with Gasteiger partial charge in [-0.15, -0.1) is 0 Å². The second kappa shape index (κ2) is 5.95. The highest BCUT2D eigenvalue weighted by Gasteiger charge is 2.17. The van der Waals surface area contributed by atoms with Crippen molar-refractivity contribution in [1.29, 1.82) is 0 Å². The van der Waals surface area contributed by atoms with Crippen molar-refractivity contribution < 1.29 is 23.9 Å². The zero-order valence-corrected chi connectivity index (χ0v) is 10.4. The van der Waals surface area contributed by atoms with Gasteiger partial charge in [0.1, 0.15) is 5.75 Å². The lowest BCUT2D eigenvalue weighted by atomic mass is 10.1. The van der Waals surface area contributed by atoms with Crippen molar-refractivity contribution in [1.82, 2.24) is 0 Å². The van der Waals surface area contributed by atoms with Gasteiger partial charge in [0.15, 0.2) is 6.10 Å². The summed E-state index contributed by atoms with van der Waals surface area (Å²) in [7, 11) is 0. The number of Topliss-reactive ketones (excluding diaryl/α,β-unsaturated/α-hetero) is 1. The SMILES string of the molecule is CC(=O)Oc1ccc(C(=O)C(C)OC(C)=O)cc1. The Bertz CT molecular complexity index is 461. The maximum absolute atomic E-state index is 11.8. The van der Waals surface area contributed by atoms with Gasteiger partial charge in [-0.1, -0.05) is 0 Å². The van der Waals surface area contributed by atoms with Crippen molar-refractivity contribution in [3.8, 4) is 5.75 Å². The van der Waals surface area contributed by atoms with Gasteiger partial charge in [0.05, 0.1) is 0 Å². The molecule has 1 aromatic rings. The third kappa shape index (κ3) is 4.01. The topological polar surface area (TPSA) is 69.7 Å². The second-order valence-corrected chi connectivity index (χ2v) is 3.73. The van der Waals surface area contributed by atoms with E-state index in [1.54, 1.807) is 0 Å². The van der Waals surface area contributed by atoms with E-state index in [0.29, 0.717) is 11.3 Å². The largest absolute Gasteiger partial charge is 0.454 e. The molecule has 0 fully saturated rings. The van der Waals surface area contributed by atoms with Crippen LogP contribution >= 0.6 is 0 Å². The molecule has 0 amide bonds. The lowest BCUT2D eigenvalue weighted by Crippen LogP contribution is -2.23. The highest BCUT2D eigenvalue weighted by atomic mass is 16.5. The van der Waals surface area contributed by atoms with E-state index in [1.807, 2.05) is 0 Å². The monoisotopic (exact) mass is 250 g/mol. The molecule has 0 bridgehead atoms. The maximum Gasteiger partial charge on any atom is 0.308 e. The van der Waals surface area contributed by atoms with Crippen molar-refractivity contribution in [2.45, 2.75) is 26.9 Å². The predicted molar refractivity (Wildman–Crippen MR) is 63.3 cm³/mol. The summed E-state index contributed by atoms with van der Waals surface area (Å²) in [5.41, 5.74) is 0.389. The fourth-order valence-electron chi connectivity index (χ4n) is 1.39. The summed E-state index contributed by atoms with van der Waals surface area (Å²) in [6, 6.07) is 6.05. The van der Waals surface area contributed by atoms with Crippen LogP contribution in [-0.2, 0) is 14.3 Å². The van der Waals surface area contributed by atoms with Crippen LogP contribution in [0.4, 0.5) is 0 Å². The molecule has 0 aliphatic carbocycles. The van der Waals surface area contributed by atoms with E-state index in [2.05, 4.69) is 0 Å². The van der Waals surface area contributed by atoms with Crippen molar-refractivity contribution >= 4 is 17.7 Å². The minimum Gasteiger partial charge on any atom is -0.454 e. The highest BCUT2D eigenvalue weighted by molar-refractivity contribution is 6.00. The fourth-order valence-corrected chi connectivity index (χ4v) is 1.39. The van der Waals surface area contributed by atoms with E-state index in [9.17, 15) is 14.4 Å². The number of rotatable bonds is 4. The van der Waals surface area contributed by atoms with E-state index in [0.717, 1.165) is 0 Å². The molecule has 0 saturated carbocycles. The highest BCUT2D eigenvalue weighted by Crippen LogP contribution is 2.14. The molecule has 1 unspecified atom stereocenters. The van der Waals surface area contributed by atoms with Crippen LogP contribution < -0.4 is 4.74 Å². The van der Waals surface area contributed by atoms with Crippen LogP contribution in [0.25, 0.3) is 0 Å². The molecule has 96 valence electrons. The lowest BCUT2D eigenvalue weighted by Gasteiger charge is -2.10. The average molecular weight is 250 g/mol. The standard InChI is InChI=1S/C13H14O5/c1-8(17-9(2)14)13(16)11-4-6-12(7-5-11)18-10(3)15/h4-8H,1-3H3. The van der Waals surface area contributed by atoms with Crippen molar-refractivity contribution in [2.24, 2.45) is 0 Å². The second-order valence-electron chi connectivity index (χ2n) is 3.73. The van der Waals surface area contributed by atoms with Gasteiger partial charge in [0, 0.05) is 19.4 Å². The number of hydrogen-bond donors (Lipinski definition) is 0. The van der Waals surface area contributed by atoms with Crippen LogP contribution in [-0.4, -0.2) is 23.8 Å². The third-order valence-electron chi connectivity index (χ3n) is 2.11. The molecule has 0 aliphatic heterocycles. The molecular formula is C13H14O5. The van der Waals surface area contributed by atoms with Crippen LogP contribution in [0.15, 0.2) is 24.3 Å². The first-order valence-electron chi connectivity index (χ1n) is 5.40. The first-order chi connectivity index (χ1) is 8.40. The van der Waals surface area contributed by atoms with Gasteiger partial charge >= 0.3 is 11.9 Å². The lowest BCUT2D eigenvalue weighted by molar-refractivity contribution is -0.143. The minimum absolute atomic E-state index is 0.306. The van der Waals surface area contributed by atoms with Crippen LogP contribution in [0.5, 0.6) is 5.75 Å². The molecule has 18 heavy (non-hydrogen) atoms. The predicted octanol–water partition coefficient (Wildman–Crippen LogP) is 1.75. The molecule has 1 atom stereocenters. The number of ether oxygens (including phenoxy) is 2. The van der Waals surface area contributed by atoms with Crippen molar-refractivity contribution in [2.75, 3.05) is 0 Å². The normalized spacial score (nSPS) is 11.5. The number of carbonyl (C=O) groups excluding carboxylic acids is 3. The molecule has 0 radical (unpaired) electrons. The van der Waals surface area contributed by atoms with Gasteiger partial charge in [0.2, 0.25) is 5.78 Å². The van der Waals surface area contributed by atoms with Crippen molar-refractivity contribution in [3.63, 3.8) is 0 Å². The molecule has 0 spiro atoms. The maximum atomic E-state index is 11.8. The molecule has 1 aromatic carbocycles. The summed E-state index contributed by atoms with van der Waals surface area (Å²) in [6.07, 6.45) is -0.831. The molecular weight excluding hydrogens is 236 g/mol. The summed E-state index contributed by atoms with van der Waals surface area (Å²) >= 11 is 0. The zero-order valence-electron chi connectivity index (χ0n) is 10.4. The van der Waals surface area contributed by atoms with Gasteiger partial charge in [-0.05, 0) is 31.2 Å². The number of carbonyl (C=O) groups is 3. The van der Waals surface area contributed by atoms with Gasteiger partial charge in [0.25, 0.3) is 0 Å². The van der Waals surface area contributed by atoms with Crippen LogP contribution in [0.1, 0.15) is 31.1 Å². The summed E-state index contributed by atoms with van der Waals surface area (Å²) in [4.78, 5) is 33.3. The summed E-state index contributed by atoms with van der Waals surface area (Å²) in [5.74, 6) is -0.881. The van der Waals surface area contributed by atoms with E-state index >= 15 is 0 Å². The van der Waals surface area contributed by atoms with Gasteiger partial charge in [-0.3, -0.25) is 14.4 Å². The van der Waals surface area contributed by atoms with Crippen LogP contribution in [0.2, 0.25) is 0 Å². The molecule has 0 heterocycles. The number of ketones is 1. The Hall–Kier alpha value is -2.17. The van der Waals surface area contributed by atoms with Gasteiger partial charge in [-0.25, -0.2) is 0 Å². The Kier molecular flexibility index (Phi) is 4.59. The average Bonchev–Trinajstić information content (AvgIpc) is 2.27. The van der Waals surface area contributed by atoms with Gasteiger partial charge < -0.3 is 9.47 Å². The van der Waals surface area contributed by atoms with E-state index in [4.69, 9.17) is 9.47 Å². The van der Waals surface area contributed by atoms with E-state index in [-0.39, 0.29) is 5.78 Å². The molecule has 0 N–H and O–H groups in total. The molecule has 5 nitrogen and oxygen atoms in total. The van der Waals surface area contributed by atoms with Crippen LogP contribution in [0.3, 0.4) is 0 Å². The Morgan fingerprint density at radius 3 is 2.00 bits per heavy atom. The molecule has 1 rings (SSSR count). The quantitative estimate of drug-likeness (QED) is 0.462. The zero-order chi connectivity index (χ0) is 13.7. The van der Waals surface area contributed by atoms with Crippen LogP contribution in [0, 0.1) is 0 Å². The van der Waals surface area contributed by atoms with Gasteiger partial charge in [-0.2, -0.15) is 0 Å². The minimum atomic E-state index is -0.831. The fraction of sp³-hybridized carbons (Fsp3) is 0.308. The van der Waals surface area contributed by atoms with E-state index < -0.39 is 18.0 Å². The Labute approximate surface area is 105 Å². The third-order valence-corrected chi connectivity index (χ3v) is 2.11. The number of hydrogen-bond acceptors (Lipinski definition) is 5. The molecule has 0 aliphatic rings. The smallest absolute Gasteiger partial charge is 0.308 e. The van der Waals surface area contributed by atoms with Crippen molar-refractivity contribution in [3.05, 3.63) is 29.8 Å². The van der Waals surface area contributed by atoms with E-state index in [1.165, 1.54) is 45.0 Å². The summed E-state index contributed by atoms with van der Waals surface area (Å²) in [6.45, 7) is 4.04. The Morgan fingerprint density at radius 2 is 1.56 bits per heavy atom. The molecule has 0 aromatic heterocycles. The molecule has 0 saturated heterocycles. The molecule has 5 heteroatoms.